The Morgan fingerprint density at radius 1 is 0.796 bits per heavy atom. The number of aryl methyl sites for hydroxylation is 2. The standard InChI is InChI=1S/C25H23ClN4O.C17H18N4O.ClH/c1-16-17(2)27-24-13-21(28-30(24)25(16)26)22-12-19-10-6-7-11-20(19)14-29(22)15-23(31)18-8-4-3-5-9-18;1-10-11(2)19-16-8-15(20-21(16)17(10)22)14-7-12-5-3-4-6-13(12)9-18-14;/h3-11,13,22H,12,14-15H2,1-2H3;3-6,8,14,18,20H,7,9H2,1-2H3;1H/t22-;14-;/m00./s1. The molecule has 4 aromatic heterocycles. The van der Waals surface area contributed by atoms with Gasteiger partial charge in [0, 0.05) is 53.3 Å². The van der Waals surface area contributed by atoms with Gasteiger partial charge in [0.25, 0.3) is 5.56 Å². The molecule has 54 heavy (non-hydrogen) atoms. The molecule has 2 aliphatic rings. The Bertz CT molecular complexity index is 2560. The Morgan fingerprint density at radius 3 is 2.17 bits per heavy atom. The van der Waals surface area contributed by atoms with E-state index in [2.05, 4.69) is 73.8 Å². The molecule has 0 amide bonds. The van der Waals surface area contributed by atoms with E-state index in [9.17, 15) is 9.59 Å². The van der Waals surface area contributed by atoms with Crippen LogP contribution in [0.4, 0.5) is 0 Å². The predicted octanol–water partition coefficient (Wildman–Crippen LogP) is 7.43. The lowest BCUT2D eigenvalue weighted by molar-refractivity contribution is 0.0862. The number of Topliss-reactive ketones (excluding diaryl/α,β-unsaturated/α-hetero) is 1. The summed E-state index contributed by atoms with van der Waals surface area (Å²) in [5, 5.41) is 12.1. The maximum Gasteiger partial charge on any atom is 0.275 e. The van der Waals surface area contributed by atoms with Gasteiger partial charge in [-0.2, -0.15) is 5.10 Å². The van der Waals surface area contributed by atoms with E-state index in [0.717, 1.165) is 58.9 Å². The number of aromatic amines is 1. The van der Waals surface area contributed by atoms with E-state index in [1.807, 2.05) is 70.2 Å². The summed E-state index contributed by atoms with van der Waals surface area (Å²) in [6.07, 6.45) is 1.70. The smallest absolute Gasteiger partial charge is 0.275 e. The Labute approximate surface area is 324 Å². The number of nitrogens with zero attached hydrogens (tertiary/aromatic N) is 6. The first-order chi connectivity index (χ1) is 25.6. The minimum absolute atomic E-state index is 0. The highest BCUT2D eigenvalue weighted by Crippen LogP contribution is 2.34. The summed E-state index contributed by atoms with van der Waals surface area (Å²) in [7, 11) is 0. The van der Waals surface area contributed by atoms with E-state index in [-0.39, 0.29) is 35.8 Å². The van der Waals surface area contributed by atoms with Gasteiger partial charge in [0.15, 0.2) is 17.1 Å². The van der Waals surface area contributed by atoms with Crippen LogP contribution < -0.4 is 10.9 Å². The Balaban J connectivity index is 0.000000173. The fraction of sp³-hybridized carbons (Fsp3) is 0.262. The number of hydrogen-bond acceptors (Lipinski definition) is 7. The van der Waals surface area contributed by atoms with Crippen molar-refractivity contribution in [3.8, 4) is 0 Å². The van der Waals surface area contributed by atoms with E-state index in [4.69, 9.17) is 16.7 Å². The van der Waals surface area contributed by atoms with Crippen LogP contribution in [0.1, 0.15) is 78.6 Å². The highest BCUT2D eigenvalue weighted by molar-refractivity contribution is 6.30. The maximum atomic E-state index is 13.0. The number of ketones is 1. The molecule has 2 aliphatic heterocycles. The lowest BCUT2D eigenvalue weighted by Crippen LogP contribution is -2.38. The Morgan fingerprint density at radius 2 is 1.43 bits per heavy atom. The molecule has 0 radical (unpaired) electrons. The second-order valence-electron chi connectivity index (χ2n) is 14.1. The maximum absolute atomic E-state index is 13.0. The molecule has 276 valence electrons. The lowest BCUT2D eigenvalue weighted by atomic mass is 9.92. The molecule has 0 aliphatic carbocycles. The lowest BCUT2D eigenvalue weighted by Gasteiger charge is -2.35. The molecule has 2 atom stereocenters. The highest BCUT2D eigenvalue weighted by atomic mass is 35.5. The summed E-state index contributed by atoms with van der Waals surface area (Å²) < 4.78 is 3.25. The van der Waals surface area contributed by atoms with Crippen molar-refractivity contribution in [1.29, 1.82) is 0 Å². The number of nitrogens with one attached hydrogen (secondary N) is 2. The number of aromatic nitrogens is 6. The zero-order valence-electron chi connectivity index (χ0n) is 30.6. The van der Waals surface area contributed by atoms with Crippen molar-refractivity contribution in [3.05, 3.63) is 168 Å². The minimum Gasteiger partial charge on any atom is -0.304 e. The van der Waals surface area contributed by atoms with E-state index in [1.54, 1.807) is 9.03 Å². The fourth-order valence-corrected chi connectivity index (χ4v) is 7.63. The van der Waals surface area contributed by atoms with E-state index in [0.29, 0.717) is 29.5 Å². The number of halogens is 2. The van der Waals surface area contributed by atoms with Gasteiger partial charge in [-0.05, 0) is 62.8 Å². The monoisotopic (exact) mass is 760 g/mol. The SMILES string of the molecule is Cc1nc2cc([C@@H]3Cc4ccccc4CN3)[nH]n2c(=O)c1C.Cc1nc2cc([C@@H]3Cc4ccccc4CN3CC(=O)c3ccccc3)nn2c(Cl)c1C.Cl. The van der Waals surface area contributed by atoms with Crippen molar-refractivity contribution in [2.45, 2.75) is 65.7 Å². The molecular formula is C42H42Cl2N8O2. The Kier molecular flexibility index (Phi) is 10.5. The fourth-order valence-electron chi connectivity index (χ4n) is 7.36. The number of carbonyl (C=O) groups is 1. The van der Waals surface area contributed by atoms with E-state index in [1.165, 1.54) is 22.3 Å². The first-order valence-corrected chi connectivity index (χ1v) is 18.3. The number of H-pyrrole nitrogens is 1. The number of hydrogen-bond donors (Lipinski definition) is 2. The van der Waals surface area contributed by atoms with Crippen molar-refractivity contribution < 1.29 is 4.79 Å². The van der Waals surface area contributed by atoms with E-state index < -0.39 is 0 Å². The van der Waals surface area contributed by atoms with Gasteiger partial charge in [0.1, 0.15) is 5.15 Å². The largest absolute Gasteiger partial charge is 0.304 e. The van der Waals surface area contributed by atoms with Crippen LogP contribution in [-0.4, -0.2) is 46.4 Å². The molecule has 2 N–H and O–H groups in total. The first kappa shape index (κ1) is 37.2. The van der Waals surface area contributed by atoms with Crippen molar-refractivity contribution >= 4 is 41.1 Å². The molecule has 12 heteroatoms. The highest BCUT2D eigenvalue weighted by Gasteiger charge is 2.31. The number of rotatable bonds is 5. The second kappa shape index (κ2) is 15.3. The van der Waals surface area contributed by atoms with Crippen LogP contribution in [0.2, 0.25) is 5.15 Å². The molecule has 0 bridgehead atoms. The average molecular weight is 762 g/mol. The average Bonchev–Trinajstić information content (AvgIpc) is 3.81. The summed E-state index contributed by atoms with van der Waals surface area (Å²) >= 11 is 6.56. The third kappa shape index (κ3) is 7.10. The molecule has 6 heterocycles. The molecule has 9 rings (SSSR count). The zero-order valence-corrected chi connectivity index (χ0v) is 32.2. The minimum atomic E-state index is -0.0269. The summed E-state index contributed by atoms with van der Waals surface area (Å²) in [6.45, 7) is 9.47. The normalized spacial score (nSPS) is 16.6. The molecular weight excluding hydrogens is 719 g/mol. The number of fused-ring (bicyclic) bond motifs is 4. The Hall–Kier alpha value is -5.13. The first-order valence-electron chi connectivity index (χ1n) is 17.9. The third-order valence-electron chi connectivity index (χ3n) is 10.7. The predicted molar refractivity (Wildman–Crippen MR) is 214 cm³/mol. The van der Waals surface area contributed by atoms with Crippen LogP contribution in [-0.2, 0) is 25.9 Å². The molecule has 0 saturated heterocycles. The van der Waals surface area contributed by atoms with Crippen LogP contribution in [0.15, 0.2) is 95.8 Å². The van der Waals surface area contributed by atoms with Crippen LogP contribution in [0.5, 0.6) is 0 Å². The van der Waals surface area contributed by atoms with E-state index >= 15 is 0 Å². The van der Waals surface area contributed by atoms with Gasteiger partial charge >= 0.3 is 0 Å². The second-order valence-corrected chi connectivity index (χ2v) is 14.4. The number of benzene rings is 3. The van der Waals surface area contributed by atoms with Gasteiger partial charge in [-0.3, -0.25) is 19.6 Å². The molecule has 7 aromatic rings. The van der Waals surface area contributed by atoms with Gasteiger partial charge in [0.05, 0.1) is 30.0 Å². The summed E-state index contributed by atoms with van der Waals surface area (Å²) in [5.74, 6) is 0.108. The van der Waals surface area contributed by atoms with Crippen molar-refractivity contribution in [2.24, 2.45) is 0 Å². The molecule has 0 fully saturated rings. The molecule has 10 nitrogen and oxygen atoms in total. The third-order valence-corrected chi connectivity index (χ3v) is 11.2. The van der Waals surface area contributed by atoms with Crippen molar-refractivity contribution in [3.63, 3.8) is 0 Å². The number of carbonyl (C=O) groups excluding carboxylic acids is 1. The summed E-state index contributed by atoms with van der Waals surface area (Å²) in [6, 6.07) is 30.5. The molecule has 0 spiro atoms. The quantitative estimate of drug-likeness (QED) is 0.139. The van der Waals surface area contributed by atoms with Gasteiger partial charge in [-0.25, -0.2) is 19.0 Å². The molecule has 0 saturated carbocycles. The van der Waals surface area contributed by atoms with Crippen LogP contribution >= 0.6 is 24.0 Å². The van der Waals surface area contributed by atoms with Gasteiger partial charge in [0.2, 0.25) is 0 Å². The van der Waals surface area contributed by atoms with Gasteiger partial charge in [-0.1, -0.05) is 90.5 Å². The van der Waals surface area contributed by atoms with Crippen LogP contribution in [0, 0.1) is 27.7 Å². The van der Waals surface area contributed by atoms with Crippen molar-refractivity contribution in [1.82, 2.24) is 39.4 Å². The summed E-state index contributed by atoms with van der Waals surface area (Å²) in [5.41, 5.74) is 12.6. The zero-order chi connectivity index (χ0) is 36.8. The van der Waals surface area contributed by atoms with Crippen LogP contribution in [0.25, 0.3) is 11.3 Å². The topological polar surface area (TPSA) is 113 Å². The molecule has 0 unspecified atom stereocenters. The summed E-state index contributed by atoms with van der Waals surface area (Å²) in [4.78, 5) is 36.7. The van der Waals surface area contributed by atoms with Gasteiger partial charge in [-0.15, -0.1) is 12.4 Å². The molecule has 3 aromatic carbocycles. The van der Waals surface area contributed by atoms with Crippen molar-refractivity contribution in [2.75, 3.05) is 6.54 Å². The van der Waals surface area contributed by atoms with Gasteiger partial charge < -0.3 is 5.32 Å². The van der Waals surface area contributed by atoms with Crippen LogP contribution in [0.3, 0.4) is 0 Å².